The molecule has 1 heterocycles. The molecule has 5 heteroatoms. The van der Waals surface area contributed by atoms with Crippen LogP contribution in [0.2, 0.25) is 0 Å². The molecule has 0 amide bonds. The molecule has 34 heavy (non-hydrogen) atoms. The lowest BCUT2D eigenvalue weighted by Crippen LogP contribution is -2.28. The predicted molar refractivity (Wildman–Crippen MR) is 137 cm³/mol. The van der Waals surface area contributed by atoms with Gasteiger partial charge in [-0.25, -0.2) is 0 Å². The molecular formula is C29H34O4S. The van der Waals surface area contributed by atoms with Gasteiger partial charge in [0.2, 0.25) is 0 Å². The second-order valence-electron chi connectivity index (χ2n) is 10.6. The molecule has 0 aliphatic carbocycles. The lowest BCUT2D eigenvalue weighted by atomic mass is 9.90. The lowest BCUT2D eigenvalue weighted by molar-refractivity contribution is -0.158. The molecule has 1 aromatic heterocycles. The van der Waals surface area contributed by atoms with Crippen molar-refractivity contribution < 1.29 is 19.1 Å². The van der Waals surface area contributed by atoms with Crippen molar-refractivity contribution in [2.24, 2.45) is 10.8 Å². The third-order valence-electron chi connectivity index (χ3n) is 5.51. The maximum atomic E-state index is 13.0. The molecule has 180 valence electrons. The van der Waals surface area contributed by atoms with E-state index in [-0.39, 0.29) is 11.9 Å². The van der Waals surface area contributed by atoms with Gasteiger partial charge in [0.1, 0.15) is 0 Å². The Kier molecular flexibility index (Phi) is 7.67. The van der Waals surface area contributed by atoms with Crippen molar-refractivity contribution in [3.63, 3.8) is 0 Å². The van der Waals surface area contributed by atoms with Crippen LogP contribution >= 0.6 is 11.3 Å². The van der Waals surface area contributed by atoms with Crippen molar-refractivity contribution in [2.75, 3.05) is 0 Å². The minimum atomic E-state index is -0.665. The van der Waals surface area contributed by atoms with Crippen LogP contribution in [0.25, 0.3) is 0 Å². The lowest BCUT2D eigenvalue weighted by Gasteiger charge is -2.29. The Bertz CT molecular complexity index is 1130. The van der Waals surface area contributed by atoms with E-state index < -0.39 is 23.0 Å². The molecule has 0 spiro atoms. The number of hydrogen-bond donors (Lipinski definition) is 0. The molecule has 0 fully saturated rings. The fourth-order valence-electron chi connectivity index (χ4n) is 3.45. The van der Waals surface area contributed by atoms with E-state index in [0.717, 1.165) is 27.1 Å². The maximum Gasteiger partial charge on any atom is 0.312 e. The number of benzene rings is 2. The number of rotatable bonds is 6. The number of hydrogen-bond acceptors (Lipinski definition) is 5. The molecule has 3 rings (SSSR count). The third-order valence-corrected chi connectivity index (χ3v) is 6.42. The van der Waals surface area contributed by atoms with E-state index in [1.54, 1.807) is 0 Å². The fourth-order valence-corrected chi connectivity index (χ4v) is 4.22. The standard InChI is InChI=1S/C29H34O4S/c1-19-13-8-9-14-20(19)24(32-26(30)28(2,3)4)21-15-10-11-16-22(21)25(23-17-12-18-34-23)33-27(31)29(5,6)7/h8-18,24-25H,1-7H3. The highest BCUT2D eigenvalue weighted by atomic mass is 32.1. The van der Waals surface area contributed by atoms with Gasteiger partial charge in [0.15, 0.2) is 12.2 Å². The number of aryl methyl sites for hydroxylation is 1. The molecule has 0 saturated heterocycles. The minimum Gasteiger partial charge on any atom is -0.452 e. The summed E-state index contributed by atoms with van der Waals surface area (Å²) in [5.74, 6) is -0.588. The van der Waals surface area contributed by atoms with Gasteiger partial charge < -0.3 is 9.47 Å². The van der Waals surface area contributed by atoms with Gasteiger partial charge in [-0.2, -0.15) is 0 Å². The Labute approximate surface area is 206 Å². The van der Waals surface area contributed by atoms with Gasteiger partial charge in [-0.3, -0.25) is 9.59 Å². The molecule has 4 nitrogen and oxygen atoms in total. The Hall–Kier alpha value is -2.92. The van der Waals surface area contributed by atoms with E-state index in [1.165, 1.54) is 11.3 Å². The molecule has 3 aromatic rings. The summed E-state index contributed by atoms with van der Waals surface area (Å²) in [6.45, 7) is 13.1. The number of carbonyl (C=O) groups excluding carboxylic acids is 2. The summed E-state index contributed by atoms with van der Waals surface area (Å²) >= 11 is 1.53. The van der Waals surface area contributed by atoms with Crippen LogP contribution in [0.1, 0.15) is 80.9 Å². The van der Waals surface area contributed by atoms with Crippen molar-refractivity contribution in [1.82, 2.24) is 0 Å². The molecule has 0 aliphatic rings. The van der Waals surface area contributed by atoms with Gasteiger partial charge in [-0.1, -0.05) is 54.6 Å². The van der Waals surface area contributed by atoms with Crippen LogP contribution in [-0.2, 0) is 19.1 Å². The van der Waals surface area contributed by atoms with Crippen LogP contribution in [0, 0.1) is 17.8 Å². The first-order valence-electron chi connectivity index (χ1n) is 11.5. The molecule has 0 N–H and O–H groups in total. The quantitative estimate of drug-likeness (QED) is 0.346. The first-order chi connectivity index (χ1) is 15.9. The van der Waals surface area contributed by atoms with E-state index in [9.17, 15) is 9.59 Å². The van der Waals surface area contributed by atoms with Gasteiger partial charge in [-0.15, -0.1) is 11.3 Å². The summed E-state index contributed by atoms with van der Waals surface area (Å²) in [6, 6.07) is 19.5. The number of thiophene rings is 1. The van der Waals surface area contributed by atoms with Crippen LogP contribution in [0.15, 0.2) is 66.0 Å². The first-order valence-corrected chi connectivity index (χ1v) is 12.4. The maximum absolute atomic E-state index is 13.0. The minimum absolute atomic E-state index is 0.292. The van der Waals surface area contributed by atoms with Crippen LogP contribution in [0.4, 0.5) is 0 Å². The van der Waals surface area contributed by atoms with Crippen molar-refractivity contribution in [1.29, 1.82) is 0 Å². The van der Waals surface area contributed by atoms with E-state index >= 15 is 0 Å². The van der Waals surface area contributed by atoms with E-state index in [4.69, 9.17) is 9.47 Å². The summed E-state index contributed by atoms with van der Waals surface area (Å²) in [7, 11) is 0. The highest BCUT2D eigenvalue weighted by Gasteiger charge is 2.34. The predicted octanol–water partition coefficient (Wildman–Crippen LogP) is 7.41. The van der Waals surface area contributed by atoms with E-state index in [0.29, 0.717) is 0 Å². The van der Waals surface area contributed by atoms with Gasteiger partial charge in [0.25, 0.3) is 0 Å². The summed E-state index contributed by atoms with van der Waals surface area (Å²) in [5.41, 5.74) is 2.20. The van der Waals surface area contributed by atoms with Gasteiger partial charge in [0.05, 0.1) is 10.8 Å². The molecular weight excluding hydrogens is 444 g/mol. The topological polar surface area (TPSA) is 52.6 Å². The summed E-state index contributed by atoms with van der Waals surface area (Å²) < 4.78 is 12.3. The zero-order valence-electron chi connectivity index (χ0n) is 21.0. The highest BCUT2D eigenvalue weighted by molar-refractivity contribution is 7.10. The number of carbonyl (C=O) groups is 2. The van der Waals surface area contributed by atoms with Crippen molar-refractivity contribution in [3.8, 4) is 0 Å². The zero-order valence-corrected chi connectivity index (χ0v) is 21.9. The van der Waals surface area contributed by atoms with Gasteiger partial charge in [0, 0.05) is 16.0 Å². The van der Waals surface area contributed by atoms with Crippen molar-refractivity contribution in [2.45, 2.75) is 60.7 Å². The van der Waals surface area contributed by atoms with E-state index in [1.807, 2.05) is 115 Å². The molecule has 2 unspecified atom stereocenters. The molecule has 0 radical (unpaired) electrons. The van der Waals surface area contributed by atoms with Crippen LogP contribution < -0.4 is 0 Å². The van der Waals surface area contributed by atoms with Gasteiger partial charge >= 0.3 is 11.9 Å². The number of esters is 2. The van der Waals surface area contributed by atoms with Crippen molar-refractivity contribution in [3.05, 3.63) is 93.2 Å². The average Bonchev–Trinajstić information content (AvgIpc) is 3.29. The smallest absolute Gasteiger partial charge is 0.312 e. The van der Waals surface area contributed by atoms with Gasteiger partial charge in [-0.05, 0) is 71.0 Å². The molecule has 2 aromatic carbocycles. The SMILES string of the molecule is Cc1ccccc1C(OC(=O)C(C)(C)C)c1ccccc1C(OC(=O)C(C)(C)C)c1cccs1. The normalized spacial score (nSPS) is 13.7. The Morgan fingerprint density at radius 2 is 1.15 bits per heavy atom. The molecule has 0 bridgehead atoms. The fraction of sp³-hybridized carbons (Fsp3) is 0.379. The zero-order chi connectivity index (χ0) is 25.1. The molecule has 2 atom stereocenters. The monoisotopic (exact) mass is 478 g/mol. The molecule has 0 saturated carbocycles. The number of ether oxygens (including phenoxy) is 2. The second-order valence-corrected chi connectivity index (χ2v) is 11.6. The largest absolute Gasteiger partial charge is 0.452 e. The van der Waals surface area contributed by atoms with E-state index in [2.05, 4.69) is 0 Å². The third kappa shape index (κ3) is 5.95. The average molecular weight is 479 g/mol. The van der Waals surface area contributed by atoms with Crippen LogP contribution in [0.5, 0.6) is 0 Å². The van der Waals surface area contributed by atoms with Crippen molar-refractivity contribution >= 4 is 23.3 Å². The van der Waals surface area contributed by atoms with Crippen LogP contribution in [0.3, 0.4) is 0 Å². The van der Waals surface area contributed by atoms with Crippen LogP contribution in [-0.4, -0.2) is 11.9 Å². The Morgan fingerprint density at radius 3 is 1.62 bits per heavy atom. The second kappa shape index (κ2) is 10.1. The summed E-state index contributed by atoms with van der Waals surface area (Å²) in [5, 5.41) is 1.97. The highest BCUT2D eigenvalue weighted by Crippen LogP contribution is 2.40. The summed E-state index contributed by atoms with van der Waals surface area (Å²) in [6.07, 6.45) is -1.25. The first kappa shape index (κ1) is 25.7. The Balaban J connectivity index is 2.17. The summed E-state index contributed by atoms with van der Waals surface area (Å²) in [4.78, 5) is 26.9. The Morgan fingerprint density at radius 1 is 0.676 bits per heavy atom. The molecule has 0 aliphatic heterocycles.